The van der Waals surface area contributed by atoms with Crippen LogP contribution in [-0.4, -0.2) is 22.7 Å². The highest BCUT2D eigenvalue weighted by atomic mass is 79.9. The topological polar surface area (TPSA) is 75.4 Å². The molecular weight excluding hydrogens is 312 g/mol. The van der Waals surface area contributed by atoms with Gasteiger partial charge in [-0.1, -0.05) is 29.8 Å². The molecule has 19 heavy (non-hydrogen) atoms. The summed E-state index contributed by atoms with van der Waals surface area (Å²) in [6.45, 7) is 4.84. The molecule has 0 aliphatic heterocycles. The van der Waals surface area contributed by atoms with Crippen molar-refractivity contribution in [2.45, 2.75) is 32.9 Å². The number of halogens is 1. The van der Waals surface area contributed by atoms with Crippen molar-refractivity contribution in [1.82, 2.24) is 5.32 Å². The predicted octanol–water partition coefficient (Wildman–Crippen LogP) is 2.85. The lowest BCUT2D eigenvalue weighted by Gasteiger charge is -2.21. The molecule has 2 N–H and O–H groups in total. The second-order valence-corrected chi connectivity index (χ2v) is 5.73. The molecule has 6 heteroatoms. The average Bonchev–Trinajstić information content (AvgIpc) is 2.33. The molecule has 0 fully saturated rings. The lowest BCUT2D eigenvalue weighted by atomic mass is 10.0. The van der Waals surface area contributed by atoms with Crippen LogP contribution < -0.4 is 5.32 Å². The van der Waals surface area contributed by atoms with E-state index in [0.29, 0.717) is 23.4 Å². The van der Waals surface area contributed by atoms with Crippen LogP contribution in [0.3, 0.4) is 0 Å². The van der Waals surface area contributed by atoms with Gasteiger partial charge in [0.05, 0.1) is 4.92 Å². The van der Waals surface area contributed by atoms with E-state index in [0.717, 1.165) is 5.56 Å². The van der Waals surface area contributed by atoms with Crippen LogP contribution in [0.25, 0.3) is 0 Å². The van der Waals surface area contributed by atoms with Gasteiger partial charge < -0.3 is 10.4 Å². The third kappa shape index (κ3) is 5.26. The molecule has 1 rings (SSSR count). The van der Waals surface area contributed by atoms with Crippen molar-refractivity contribution in [2.24, 2.45) is 5.92 Å². The monoisotopic (exact) mass is 330 g/mol. The lowest BCUT2D eigenvalue weighted by molar-refractivity contribution is -0.385. The van der Waals surface area contributed by atoms with Gasteiger partial charge in [0.1, 0.15) is 0 Å². The van der Waals surface area contributed by atoms with Crippen LogP contribution in [0.5, 0.6) is 0 Å². The number of hydrogen-bond acceptors (Lipinski definition) is 4. The first-order chi connectivity index (χ1) is 8.93. The van der Waals surface area contributed by atoms with E-state index in [1.807, 2.05) is 6.07 Å². The van der Waals surface area contributed by atoms with Gasteiger partial charge in [0.25, 0.3) is 5.69 Å². The normalized spacial score (nSPS) is 12.7. The van der Waals surface area contributed by atoms with E-state index < -0.39 is 4.92 Å². The average molecular weight is 331 g/mol. The van der Waals surface area contributed by atoms with Gasteiger partial charge in [-0.3, -0.25) is 10.1 Å². The summed E-state index contributed by atoms with van der Waals surface area (Å²) in [7, 11) is 0. The highest BCUT2D eigenvalue weighted by Crippen LogP contribution is 2.21. The van der Waals surface area contributed by atoms with Crippen LogP contribution in [-0.2, 0) is 6.54 Å². The summed E-state index contributed by atoms with van der Waals surface area (Å²) in [4.78, 5) is 10.4. The number of nitro groups is 1. The number of nitrogens with one attached hydrogen (secondary N) is 1. The first-order valence-corrected chi connectivity index (χ1v) is 7.01. The Labute approximate surface area is 121 Å². The summed E-state index contributed by atoms with van der Waals surface area (Å²) in [6, 6.07) is 5.10. The van der Waals surface area contributed by atoms with Gasteiger partial charge in [0.2, 0.25) is 0 Å². The molecule has 0 saturated carbocycles. The molecule has 0 aliphatic rings. The largest absolute Gasteiger partial charge is 0.396 e. The number of hydrogen-bond donors (Lipinski definition) is 2. The Hall–Kier alpha value is -0.980. The smallest absolute Gasteiger partial charge is 0.270 e. The van der Waals surface area contributed by atoms with Crippen molar-refractivity contribution in [2.75, 3.05) is 6.61 Å². The lowest BCUT2D eigenvalue weighted by Crippen LogP contribution is -2.34. The predicted molar refractivity (Wildman–Crippen MR) is 78.0 cm³/mol. The van der Waals surface area contributed by atoms with E-state index in [9.17, 15) is 10.1 Å². The van der Waals surface area contributed by atoms with Gasteiger partial charge >= 0.3 is 0 Å². The molecule has 0 spiro atoms. The quantitative estimate of drug-likeness (QED) is 0.595. The maximum absolute atomic E-state index is 10.8. The van der Waals surface area contributed by atoms with E-state index in [4.69, 9.17) is 5.11 Å². The molecule has 1 aromatic rings. The van der Waals surface area contributed by atoms with E-state index >= 15 is 0 Å². The van der Waals surface area contributed by atoms with Gasteiger partial charge in [-0.2, -0.15) is 0 Å². The van der Waals surface area contributed by atoms with Crippen LogP contribution in [0.15, 0.2) is 22.7 Å². The summed E-state index contributed by atoms with van der Waals surface area (Å²) in [5.74, 6) is 0.397. The Morgan fingerprint density at radius 3 is 2.63 bits per heavy atom. The third-order valence-corrected chi connectivity index (χ3v) is 3.42. The number of aliphatic hydroxyl groups is 1. The van der Waals surface area contributed by atoms with Gasteiger partial charge in [0.15, 0.2) is 0 Å². The Kier molecular flexibility index (Phi) is 6.41. The minimum atomic E-state index is -0.401. The number of rotatable bonds is 7. The fraction of sp³-hybridized carbons (Fsp3) is 0.538. The molecule has 0 radical (unpaired) electrons. The SMILES string of the molecule is CC(C)C(CCO)NCc1cc(Br)cc([N+](=O)[O-])c1. The first-order valence-electron chi connectivity index (χ1n) is 6.22. The minimum absolute atomic E-state index is 0.0782. The van der Waals surface area contributed by atoms with Crippen LogP contribution in [0.2, 0.25) is 0 Å². The molecule has 1 atom stereocenters. The minimum Gasteiger partial charge on any atom is -0.396 e. The molecule has 0 aliphatic carbocycles. The van der Waals surface area contributed by atoms with Crippen LogP contribution in [0.1, 0.15) is 25.8 Å². The molecular formula is C13H19BrN2O3. The Balaban J connectivity index is 2.73. The zero-order valence-electron chi connectivity index (χ0n) is 11.1. The second-order valence-electron chi connectivity index (χ2n) is 4.82. The molecule has 5 nitrogen and oxygen atoms in total. The van der Waals surface area contributed by atoms with Crippen molar-refractivity contribution in [3.63, 3.8) is 0 Å². The van der Waals surface area contributed by atoms with Crippen LogP contribution in [0.4, 0.5) is 5.69 Å². The van der Waals surface area contributed by atoms with E-state index in [2.05, 4.69) is 35.1 Å². The van der Waals surface area contributed by atoms with Crippen molar-refractivity contribution in [1.29, 1.82) is 0 Å². The van der Waals surface area contributed by atoms with Crippen molar-refractivity contribution in [3.05, 3.63) is 38.3 Å². The summed E-state index contributed by atoms with van der Waals surface area (Å²) in [6.07, 6.45) is 0.674. The van der Waals surface area contributed by atoms with Crippen LogP contribution in [0, 0.1) is 16.0 Å². The molecule has 0 saturated heterocycles. The Morgan fingerprint density at radius 1 is 1.42 bits per heavy atom. The number of benzene rings is 1. The fourth-order valence-corrected chi connectivity index (χ4v) is 2.43. The number of aliphatic hydroxyl groups excluding tert-OH is 1. The van der Waals surface area contributed by atoms with Crippen molar-refractivity contribution >= 4 is 21.6 Å². The van der Waals surface area contributed by atoms with Gasteiger partial charge in [-0.15, -0.1) is 0 Å². The molecule has 0 bridgehead atoms. The first kappa shape index (κ1) is 16.1. The Morgan fingerprint density at radius 2 is 2.11 bits per heavy atom. The van der Waals surface area contributed by atoms with E-state index in [-0.39, 0.29) is 18.3 Å². The van der Waals surface area contributed by atoms with E-state index in [1.165, 1.54) is 6.07 Å². The summed E-state index contributed by atoms with van der Waals surface area (Å²) in [5, 5.41) is 23.1. The van der Waals surface area contributed by atoms with E-state index in [1.54, 1.807) is 6.07 Å². The highest BCUT2D eigenvalue weighted by Gasteiger charge is 2.13. The Bertz CT molecular complexity index is 438. The second kappa shape index (κ2) is 7.57. The van der Waals surface area contributed by atoms with Gasteiger partial charge in [-0.05, 0) is 24.0 Å². The van der Waals surface area contributed by atoms with Gasteiger partial charge in [0, 0.05) is 35.8 Å². The number of nitro benzene ring substituents is 1. The zero-order chi connectivity index (χ0) is 14.4. The molecule has 106 valence electrons. The molecule has 0 amide bonds. The third-order valence-electron chi connectivity index (χ3n) is 2.97. The van der Waals surface area contributed by atoms with Crippen molar-refractivity contribution < 1.29 is 10.0 Å². The maximum Gasteiger partial charge on any atom is 0.270 e. The zero-order valence-corrected chi connectivity index (χ0v) is 12.7. The standard InChI is InChI=1S/C13H19BrN2O3/c1-9(2)13(3-4-17)15-8-10-5-11(14)7-12(6-10)16(18)19/h5-7,9,13,15,17H,3-4,8H2,1-2H3. The summed E-state index contributed by atoms with van der Waals surface area (Å²) < 4.78 is 0.696. The van der Waals surface area contributed by atoms with Crippen molar-refractivity contribution in [3.8, 4) is 0 Å². The van der Waals surface area contributed by atoms with Gasteiger partial charge in [-0.25, -0.2) is 0 Å². The number of non-ortho nitro benzene ring substituents is 1. The highest BCUT2D eigenvalue weighted by molar-refractivity contribution is 9.10. The molecule has 1 aromatic carbocycles. The molecule has 0 heterocycles. The van der Waals surface area contributed by atoms with Crippen LogP contribution >= 0.6 is 15.9 Å². The summed E-state index contributed by atoms with van der Waals surface area (Å²) in [5.41, 5.74) is 0.930. The fourth-order valence-electron chi connectivity index (χ4n) is 1.90. The maximum atomic E-state index is 10.8. The molecule has 1 unspecified atom stereocenters. The summed E-state index contributed by atoms with van der Waals surface area (Å²) >= 11 is 3.28. The molecule has 0 aromatic heterocycles. The number of nitrogens with zero attached hydrogens (tertiary/aromatic N) is 1.